The van der Waals surface area contributed by atoms with E-state index in [1.54, 1.807) is 12.1 Å². The van der Waals surface area contributed by atoms with E-state index >= 15 is 0 Å². The molecule has 16 heavy (non-hydrogen) atoms. The fourth-order valence-corrected chi connectivity index (χ4v) is 1.26. The Bertz CT molecular complexity index is 416. The van der Waals surface area contributed by atoms with Gasteiger partial charge in [0.1, 0.15) is 0 Å². The van der Waals surface area contributed by atoms with Crippen molar-refractivity contribution in [2.24, 2.45) is 5.73 Å². The second kappa shape index (κ2) is 5.27. The second-order valence-electron chi connectivity index (χ2n) is 3.48. The van der Waals surface area contributed by atoms with Crippen molar-refractivity contribution >= 4 is 23.2 Å². The summed E-state index contributed by atoms with van der Waals surface area (Å²) in [5.74, 6) is -0.482. The van der Waals surface area contributed by atoms with Crippen molar-refractivity contribution in [3.05, 3.63) is 23.8 Å². The predicted molar refractivity (Wildman–Crippen MR) is 63.2 cm³/mol. The van der Waals surface area contributed by atoms with Gasteiger partial charge in [-0.05, 0) is 24.6 Å². The number of amides is 2. The Hall–Kier alpha value is -1.88. The summed E-state index contributed by atoms with van der Waals surface area (Å²) in [5, 5.41) is 5.26. The molecular weight excluding hydrogens is 206 g/mol. The molecule has 0 heterocycles. The Morgan fingerprint density at radius 2 is 1.94 bits per heavy atom. The van der Waals surface area contributed by atoms with Crippen LogP contribution in [0.2, 0.25) is 0 Å². The van der Waals surface area contributed by atoms with Crippen LogP contribution in [0, 0.1) is 6.92 Å². The van der Waals surface area contributed by atoms with Crippen molar-refractivity contribution in [3.8, 4) is 0 Å². The quantitative estimate of drug-likeness (QED) is 0.707. The minimum atomic E-state index is -0.294. The highest BCUT2D eigenvalue weighted by atomic mass is 16.2. The normalized spacial score (nSPS) is 9.69. The van der Waals surface area contributed by atoms with E-state index in [2.05, 4.69) is 10.6 Å². The summed E-state index contributed by atoms with van der Waals surface area (Å²) in [6, 6.07) is 5.37. The molecule has 1 aromatic rings. The molecule has 4 N–H and O–H groups in total. The molecule has 5 heteroatoms. The van der Waals surface area contributed by atoms with Gasteiger partial charge < -0.3 is 16.4 Å². The van der Waals surface area contributed by atoms with Gasteiger partial charge in [-0.15, -0.1) is 0 Å². The van der Waals surface area contributed by atoms with E-state index < -0.39 is 0 Å². The van der Waals surface area contributed by atoms with Gasteiger partial charge in [0.05, 0.1) is 17.9 Å². The summed E-state index contributed by atoms with van der Waals surface area (Å²) >= 11 is 0. The van der Waals surface area contributed by atoms with Gasteiger partial charge in [-0.2, -0.15) is 0 Å². The van der Waals surface area contributed by atoms with Gasteiger partial charge in [0.25, 0.3) is 0 Å². The molecule has 0 aromatic heterocycles. The van der Waals surface area contributed by atoms with Crippen molar-refractivity contribution in [3.63, 3.8) is 0 Å². The zero-order valence-corrected chi connectivity index (χ0v) is 9.33. The zero-order chi connectivity index (χ0) is 12.1. The standard InChI is InChI=1S/C11H15N3O2/c1-7-3-4-9(13-8(2)15)10(5-7)14-11(16)6-12/h3-5H,6,12H2,1-2H3,(H,13,15)(H,14,16). The lowest BCUT2D eigenvalue weighted by Gasteiger charge is -2.11. The Morgan fingerprint density at radius 3 is 2.50 bits per heavy atom. The van der Waals surface area contributed by atoms with Crippen LogP contribution in [-0.4, -0.2) is 18.4 Å². The summed E-state index contributed by atoms with van der Waals surface area (Å²) in [5.41, 5.74) is 7.33. The van der Waals surface area contributed by atoms with Gasteiger partial charge in [-0.3, -0.25) is 9.59 Å². The maximum absolute atomic E-state index is 11.2. The van der Waals surface area contributed by atoms with E-state index in [0.29, 0.717) is 11.4 Å². The van der Waals surface area contributed by atoms with E-state index in [-0.39, 0.29) is 18.4 Å². The van der Waals surface area contributed by atoms with Crippen LogP contribution >= 0.6 is 0 Å². The maximum Gasteiger partial charge on any atom is 0.238 e. The molecule has 0 bridgehead atoms. The number of anilines is 2. The van der Waals surface area contributed by atoms with Crippen LogP contribution in [0.3, 0.4) is 0 Å². The number of aryl methyl sites for hydroxylation is 1. The van der Waals surface area contributed by atoms with Crippen molar-refractivity contribution in [2.45, 2.75) is 13.8 Å². The highest BCUT2D eigenvalue weighted by molar-refractivity contribution is 5.99. The van der Waals surface area contributed by atoms with Crippen LogP contribution in [0.4, 0.5) is 11.4 Å². The fourth-order valence-electron chi connectivity index (χ4n) is 1.26. The first-order valence-electron chi connectivity index (χ1n) is 4.91. The van der Waals surface area contributed by atoms with Gasteiger partial charge >= 0.3 is 0 Å². The Balaban J connectivity index is 2.98. The van der Waals surface area contributed by atoms with E-state index in [9.17, 15) is 9.59 Å². The molecule has 1 rings (SSSR count). The minimum Gasteiger partial charge on any atom is -0.325 e. The lowest BCUT2D eigenvalue weighted by molar-refractivity contribution is -0.115. The smallest absolute Gasteiger partial charge is 0.238 e. The molecule has 86 valence electrons. The molecule has 5 nitrogen and oxygen atoms in total. The SMILES string of the molecule is CC(=O)Nc1ccc(C)cc1NC(=O)CN. The van der Waals surface area contributed by atoms with Crippen molar-refractivity contribution < 1.29 is 9.59 Å². The lowest BCUT2D eigenvalue weighted by Crippen LogP contribution is -2.22. The van der Waals surface area contributed by atoms with Crippen LogP contribution in [0.25, 0.3) is 0 Å². The van der Waals surface area contributed by atoms with E-state index in [4.69, 9.17) is 5.73 Å². The molecule has 0 aliphatic heterocycles. The number of nitrogens with two attached hydrogens (primary N) is 1. The van der Waals surface area contributed by atoms with Crippen LogP contribution in [0.1, 0.15) is 12.5 Å². The highest BCUT2D eigenvalue weighted by Gasteiger charge is 2.06. The predicted octanol–water partition coefficient (Wildman–Crippen LogP) is 0.851. The van der Waals surface area contributed by atoms with Crippen LogP contribution < -0.4 is 16.4 Å². The number of carbonyl (C=O) groups excluding carboxylic acids is 2. The first kappa shape index (κ1) is 12.2. The molecule has 0 fully saturated rings. The van der Waals surface area contributed by atoms with Crippen molar-refractivity contribution in [2.75, 3.05) is 17.2 Å². The number of hydrogen-bond acceptors (Lipinski definition) is 3. The summed E-state index contributed by atoms with van der Waals surface area (Å²) in [6.45, 7) is 3.22. The molecule has 2 amide bonds. The number of carbonyl (C=O) groups is 2. The average molecular weight is 221 g/mol. The Kier molecular flexibility index (Phi) is 4.02. The number of rotatable bonds is 3. The third-order valence-electron chi connectivity index (χ3n) is 1.95. The van der Waals surface area contributed by atoms with E-state index in [0.717, 1.165) is 5.56 Å². The molecule has 0 saturated carbocycles. The molecule has 0 unspecified atom stereocenters. The monoisotopic (exact) mass is 221 g/mol. The molecule has 0 spiro atoms. The molecule has 0 aliphatic carbocycles. The zero-order valence-electron chi connectivity index (χ0n) is 9.33. The molecule has 0 aliphatic rings. The van der Waals surface area contributed by atoms with E-state index in [1.807, 2.05) is 13.0 Å². The van der Waals surface area contributed by atoms with Crippen LogP contribution in [-0.2, 0) is 9.59 Å². The van der Waals surface area contributed by atoms with Crippen LogP contribution in [0.15, 0.2) is 18.2 Å². The number of nitrogens with one attached hydrogen (secondary N) is 2. The first-order valence-corrected chi connectivity index (χ1v) is 4.91. The molecule has 0 saturated heterocycles. The Labute approximate surface area is 94.0 Å². The first-order chi connectivity index (χ1) is 7.52. The molecular formula is C11H15N3O2. The third-order valence-corrected chi connectivity index (χ3v) is 1.95. The minimum absolute atomic E-state index is 0.0898. The van der Waals surface area contributed by atoms with Crippen molar-refractivity contribution in [1.82, 2.24) is 0 Å². The summed E-state index contributed by atoms with van der Waals surface area (Å²) in [7, 11) is 0. The Morgan fingerprint density at radius 1 is 1.25 bits per heavy atom. The van der Waals surface area contributed by atoms with Gasteiger partial charge in [-0.1, -0.05) is 6.07 Å². The third kappa shape index (κ3) is 3.36. The summed E-state index contributed by atoms with van der Waals surface area (Å²) in [4.78, 5) is 22.1. The van der Waals surface area contributed by atoms with Gasteiger partial charge in [0, 0.05) is 6.92 Å². The number of hydrogen-bond donors (Lipinski definition) is 3. The van der Waals surface area contributed by atoms with Crippen LogP contribution in [0.5, 0.6) is 0 Å². The van der Waals surface area contributed by atoms with Gasteiger partial charge in [-0.25, -0.2) is 0 Å². The van der Waals surface area contributed by atoms with Gasteiger partial charge in [0.2, 0.25) is 11.8 Å². The largest absolute Gasteiger partial charge is 0.325 e. The van der Waals surface area contributed by atoms with Crippen molar-refractivity contribution in [1.29, 1.82) is 0 Å². The highest BCUT2D eigenvalue weighted by Crippen LogP contribution is 2.22. The topological polar surface area (TPSA) is 84.2 Å². The van der Waals surface area contributed by atoms with Gasteiger partial charge in [0.15, 0.2) is 0 Å². The number of benzene rings is 1. The molecule has 1 aromatic carbocycles. The second-order valence-corrected chi connectivity index (χ2v) is 3.48. The van der Waals surface area contributed by atoms with E-state index in [1.165, 1.54) is 6.92 Å². The molecule has 0 radical (unpaired) electrons. The molecule has 0 atom stereocenters. The fraction of sp³-hybridized carbons (Fsp3) is 0.273. The average Bonchev–Trinajstić information content (AvgIpc) is 2.21. The summed E-state index contributed by atoms with van der Waals surface area (Å²) < 4.78 is 0. The summed E-state index contributed by atoms with van der Waals surface area (Å²) in [6.07, 6.45) is 0. The lowest BCUT2D eigenvalue weighted by atomic mass is 10.2. The maximum atomic E-state index is 11.2.